The standard InChI is InChI=1S/C10H11N5S/c1-7-13-9(15-11)6-10(14-7)16-8-2-4-12-5-3-8/h2-6H,11H2,1H3,(H,13,14,15). The number of nitrogen functional groups attached to an aromatic ring is 1. The van der Waals surface area contributed by atoms with Gasteiger partial charge in [-0.1, -0.05) is 11.8 Å². The summed E-state index contributed by atoms with van der Waals surface area (Å²) in [4.78, 5) is 13.5. The van der Waals surface area contributed by atoms with Gasteiger partial charge in [0.2, 0.25) is 0 Å². The van der Waals surface area contributed by atoms with Crippen LogP contribution >= 0.6 is 11.8 Å². The highest BCUT2D eigenvalue weighted by atomic mass is 32.2. The van der Waals surface area contributed by atoms with Gasteiger partial charge in [-0.25, -0.2) is 15.8 Å². The summed E-state index contributed by atoms with van der Waals surface area (Å²) in [6.45, 7) is 1.83. The summed E-state index contributed by atoms with van der Waals surface area (Å²) in [5.74, 6) is 6.62. The molecule has 0 saturated carbocycles. The monoisotopic (exact) mass is 233 g/mol. The molecule has 0 bridgehead atoms. The molecule has 0 amide bonds. The lowest BCUT2D eigenvalue weighted by Gasteiger charge is -2.04. The second-order valence-electron chi connectivity index (χ2n) is 3.07. The van der Waals surface area contributed by atoms with E-state index in [0.717, 1.165) is 9.92 Å². The third kappa shape index (κ3) is 2.68. The zero-order valence-corrected chi connectivity index (χ0v) is 9.53. The maximum absolute atomic E-state index is 5.32. The van der Waals surface area contributed by atoms with E-state index in [9.17, 15) is 0 Å². The van der Waals surface area contributed by atoms with E-state index in [-0.39, 0.29) is 0 Å². The van der Waals surface area contributed by atoms with Crippen LogP contribution < -0.4 is 11.3 Å². The molecule has 2 aromatic heterocycles. The Morgan fingerprint density at radius 1 is 1.25 bits per heavy atom. The molecule has 5 nitrogen and oxygen atoms in total. The van der Waals surface area contributed by atoms with Crippen LogP contribution in [0.15, 0.2) is 40.5 Å². The van der Waals surface area contributed by atoms with Gasteiger partial charge in [0.25, 0.3) is 0 Å². The SMILES string of the molecule is Cc1nc(NN)cc(Sc2ccncc2)n1. The summed E-state index contributed by atoms with van der Waals surface area (Å²) in [5.41, 5.74) is 2.52. The highest BCUT2D eigenvalue weighted by Gasteiger charge is 2.02. The van der Waals surface area contributed by atoms with Crippen molar-refractivity contribution in [3.8, 4) is 0 Å². The Balaban J connectivity index is 2.24. The first-order chi connectivity index (χ1) is 7.78. The van der Waals surface area contributed by atoms with Crippen LogP contribution in [0.25, 0.3) is 0 Å². The van der Waals surface area contributed by atoms with Crippen molar-refractivity contribution in [3.63, 3.8) is 0 Å². The molecule has 3 N–H and O–H groups in total. The van der Waals surface area contributed by atoms with Gasteiger partial charge in [0.1, 0.15) is 16.7 Å². The molecule has 0 aliphatic rings. The molecule has 16 heavy (non-hydrogen) atoms. The normalized spacial score (nSPS) is 10.1. The topological polar surface area (TPSA) is 76.7 Å². The van der Waals surface area contributed by atoms with Gasteiger partial charge in [0.15, 0.2) is 0 Å². The lowest BCUT2D eigenvalue weighted by atomic mass is 10.5. The molecule has 0 atom stereocenters. The minimum atomic E-state index is 0.615. The maximum Gasteiger partial charge on any atom is 0.144 e. The van der Waals surface area contributed by atoms with Crippen molar-refractivity contribution in [3.05, 3.63) is 36.4 Å². The summed E-state index contributed by atoms with van der Waals surface area (Å²) in [6, 6.07) is 5.66. The molecule has 0 saturated heterocycles. The smallest absolute Gasteiger partial charge is 0.144 e. The molecule has 0 aliphatic heterocycles. The summed E-state index contributed by atoms with van der Waals surface area (Å²) in [6.07, 6.45) is 3.50. The van der Waals surface area contributed by atoms with E-state index in [4.69, 9.17) is 5.84 Å². The van der Waals surface area contributed by atoms with Gasteiger partial charge in [-0.05, 0) is 19.1 Å². The van der Waals surface area contributed by atoms with Crippen LogP contribution in [0, 0.1) is 6.92 Å². The third-order valence-electron chi connectivity index (χ3n) is 1.83. The van der Waals surface area contributed by atoms with Gasteiger partial charge >= 0.3 is 0 Å². The summed E-state index contributed by atoms with van der Waals surface area (Å²) in [7, 11) is 0. The van der Waals surface area contributed by atoms with E-state index >= 15 is 0 Å². The van der Waals surface area contributed by atoms with E-state index < -0.39 is 0 Å². The number of hydrogen-bond acceptors (Lipinski definition) is 6. The number of aromatic nitrogens is 3. The third-order valence-corrected chi connectivity index (χ3v) is 2.76. The number of anilines is 1. The van der Waals surface area contributed by atoms with Gasteiger partial charge in [0.05, 0.1) is 0 Å². The summed E-state index contributed by atoms with van der Waals surface area (Å²) < 4.78 is 0. The molecule has 0 radical (unpaired) electrons. The summed E-state index contributed by atoms with van der Waals surface area (Å²) in [5, 5.41) is 0.853. The Morgan fingerprint density at radius 2 is 2.00 bits per heavy atom. The van der Waals surface area contributed by atoms with Crippen LogP contribution in [0.2, 0.25) is 0 Å². The van der Waals surface area contributed by atoms with Gasteiger partial charge in [-0.3, -0.25) is 4.98 Å². The molecular weight excluding hydrogens is 222 g/mol. The molecule has 0 fully saturated rings. The van der Waals surface area contributed by atoms with Crippen LogP contribution in [0.1, 0.15) is 5.82 Å². The number of nitrogens with zero attached hydrogens (tertiary/aromatic N) is 3. The average molecular weight is 233 g/mol. The molecule has 0 aliphatic carbocycles. The Kier molecular flexibility index (Phi) is 3.33. The zero-order chi connectivity index (χ0) is 11.4. The predicted octanol–water partition coefficient (Wildman–Crippen LogP) is 1.62. The highest BCUT2D eigenvalue weighted by Crippen LogP contribution is 2.26. The minimum Gasteiger partial charge on any atom is -0.308 e. The maximum atomic E-state index is 5.32. The Bertz CT molecular complexity index is 474. The van der Waals surface area contributed by atoms with Crippen molar-refractivity contribution in [1.29, 1.82) is 0 Å². The van der Waals surface area contributed by atoms with Crippen LogP contribution in [0.5, 0.6) is 0 Å². The number of aryl methyl sites for hydroxylation is 1. The van der Waals surface area contributed by atoms with Gasteiger partial charge in [-0.15, -0.1) is 0 Å². The van der Waals surface area contributed by atoms with E-state index in [1.165, 1.54) is 0 Å². The van der Waals surface area contributed by atoms with E-state index in [0.29, 0.717) is 11.6 Å². The average Bonchev–Trinajstić information content (AvgIpc) is 2.29. The van der Waals surface area contributed by atoms with Gasteiger partial charge in [0, 0.05) is 23.4 Å². The largest absolute Gasteiger partial charge is 0.308 e. The van der Waals surface area contributed by atoms with Crippen LogP contribution in [0.4, 0.5) is 5.82 Å². The van der Waals surface area contributed by atoms with Crippen molar-refractivity contribution in [2.24, 2.45) is 5.84 Å². The fraction of sp³-hybridized carbons (Fsp3) is 0.100. The van der Waals surface area contributed by atoms with Crippen molar-refractivity contribution < 1.29 is 0 Å². The second kappa shape index (κ2) is 4.91. The lowest BCUT2D eigenvalue weighted by Crippen LogP contribution is -2.09. The number of rotatable bonds is 3. The second-order valence-corrected chi connectivity index (χ2v) is 4.16. The highest BCUT2D eigenvalue weighted by molar-refractivity contribution is 7.99. The number of hydrogen-bond donors (Lipinski definition) is 2. The molecule has 2 rings (SSSR count). The van der Waals surface area contributed by atoms with Crippen molar-refractivity contribution in [2.75, 3.05) is 5.43 Å². The van der Waals surface area contributed by atoms with E-state index in [1.54, 1.807) is 30.2 Å². The molecule has 82 valence electrons. The fourth-order valence-electron chi connectivity index (χ4n) is 1.19. The van der Waals surface area contributed by atoms with Crippen molar-refractivity contribution in [1.82, 2.24) is 15.0 Å². The van der Waals surface area contributed by atoms with Crippen LogP contribution in [-0.2, 0) is 0 Å². The van der Waals surface area contributed by atoms with Crippen LogP contribution in [-0.4, -0.2) is 15.0 Å². The van der Waals surface area contributed by atoms with Gasteiger partial charge in [-0.2, -0.15) is 0 Å². The molecule has 6 heteroatoms. The Hall–Kier alpha value is -1.66. The van der Waals surface area contributed by atoms with Crippen molar-refractivity contribution >= 4 is 17.6 Å². The number of nitrogens with one attached hydrogen (secondary N) is 1. The summed E-state index contributed by atoms with van der Waals surface area (Å²) >= 11 is 1.54. The molecule has 0 unspecified atom stereocenters. The van der Waals surface area contributed by atoms with E-state index in [2.05, 4.69) is 20.4 Å². The number of hydrazine groups is 1. The first kappa shape index (κ1) is 10.8. The zero-order valence-electron chi connectivity index (χ0n) is 8.71. The lowest BCUT2D eigenvalue weighted by molar-refractivity contribution is 0.964. The first-order valence-electron chi connectivity index (χ1n) is 4.68. The fourth-order valence-corrected chi connectivity index (χ4v) is 2.04. The molecule has 2 heterocycles. The van der Waals surface area contributed by atoms with Crippen LogP contribution in [0.3, 0.4) is 0 Å². The molecule has 0 aromatic carbocycles. The molecular formula is C10H11N5S. The number of pyridine rings is 1. The molecule has 0 spiro atoms. The van der Waals surface area contributed by atoms with E-state index in [1.807, 2.05) is 19.1 Å². The molecule has 2 aromatic rings. The Morgan fingerprint density at radius 3 is 2.69 bits per heavy atom. The van der Waals surface area contributed by atoms with Crippen molar-refractivity contribution in [2.45, 2.75) is 16.8 Å². The quantitative estimate of drug-likeness (QED) is 0.476. The minimum absolute atomic E-state index is 0.615. The van der Waals surface area contributed by atoms with Gasteiger partial charge < -0.3 is 5.43 Å². The first-order valence-corrected chi connectivity index (χ1v) is 5.50. The Labute approximate surface area is 97.5 Å². The predicted molar refractivity (Wildman–Crippen MR) is 62.9 cm³/mol. The number of nitrogens with two attached hydrogens (primary N) is 1.